The minimum atomic E-state index is 0.654. The second-order valence-electron chi connectivity index (χ2n) is 4.16. The van der Waals surface area contributed by atoms with Crippen LogP contribution in [0.2, 0.25) is 0 Å². The highest BCUT2D eigenvalue weighted by atomic mass is 32.2. The van der Waals surface area contributed by atoms with Crippen molar-refractivity contribution in [2.75, 3.05) is 18.8 Å². The van der Waals surface area contributed by atoms with E-state index in [0.29, 0.717) is 5.92 Å². The molecule has 0 radical (unpaired) electrons. The third-order valence-corrected chi connectivity index (χ3v) is 3.38. The Hall–Kier alpha value is -0.610. The van der Waals surface area contributed by atoms with E-state index in [1.54, 1.807) is 11.8 Å². The number of thioether (sulfide) groups is 1. The fraction of sp³-hybridized carbons (Fsp3) is 0.667. The highest BCUT2D eigenvalue weighted by Crippen LogP contribution is 2.15. The van der Waals surface area contributed by atoms with Crippen LogP contribution in [0.5, 0.6) is 0 Å². The molecule has 16 heavy (non-hydrogen) atoms. The van der Waals surface area contributed by atoms with Crippen molar-refractivity contribution in [1.82, 2.24) is 15.3 Å². The third-order valence-electron chi connectivity index (χ3n) is 2.17. The molecule has 0 saturated carbocycles. The van der Waals surface area contributed by atoms with Crippen molar-refractivity contribution in [3.05, 3.63) is 18.0 Å². The molecule has 1 unspecified atom stereocenters. The van der Waals surface area contributed by atoms with Gasteiger partial charge in [-0.25, -0.2) is 9.97 Å². The van der Waals surface area contributed by atoms with Crippen molar-refractivity contribution in [1.29, 1.82) is 0 Å². The number of hydrogen-bond acceptors (Lipinski definition) is 4. The van der Waals surface area contributed by atoms with Crippen LogP contribution in [0.25, 0.3) is 0 Å². The fourth-order valence-electron chi connectivity index (χ4n) is 1.26. The van der Waals surface area contributed by atoms with Gasteiger partial charge < -0.3 is 5.32 Å². The first-order valence-electron chi connectivity index (χ1n) is 5.84. The highest BCUT2D eigenvalue weighted by Gasteiger charge is 2.04. The van der Waals surface area contributed by atoms with E-state index < -0.39 is 0 Å². The summed E-state index contributed by atoms with van der Waals surface area (Å²) in [5.41, 5.74) is 1.11. The van der Waals surface area contributed by atoms with Crippen LogP contribution < -0.4 is 5.32 Å². The van der Waals surface area contributed by atoms with E-state index in [2.05, 4.69) is 29.1 Å². The van der Waals surface area contributed by atoms with Crippen molar-refractivity contribution < 1.29 is 0 Å². The van der Waals surface area contributed by atoms with Crippen molar-refractivity contribution in [3.8, 4) is 0 Å². The molecule has 3 nitrogen and oxygen atoms in total. The van der Waals surface area contributed by atoms with E-state index in [0.717, 1.165) is 29.6 Å². The zero-order valence-electron chi connectivity index (χ0n) is 10.4. The molecule has 1 aromatic rings. The van der Waals surface area contributed by atoms with E-state index in [9.17, 15) is 0 Å². The van der Waals surface area contributed by atoms with Gasteiger partial charge in [-0.2, -0.15) is 0 Å². The number of hydrogen-bond donors (Lipinski definition) is 1. The van der Waals surface area contributed by atoms with Crippen LogP contribution in [-0.4, -0.2) is 28.8 Å². The number of rotatable bonds is 7. The zero-order chi connectivity index (χ0) is 11.8. The molecule has 1 heterocycles. The second kappa shape index (κ2) is 7.63. The summed E-state index contributed by atoms with van der Waals surface area (Å²) in [7, 11) is 0. The Morgan fingerprint density at radius 3 is 2.69 bits per heavy atom. The lowest BCUT2D eigenvalue weighted by Crippen LogP contribution is -2.23. The van der Waals surface area contributed by atoms with Gasteiger partial charge in [0.1, 0.15) is 0 Å². The lowest BCUT2D eigenvalue weighted by molar-refractivity contribution is 0.556. The molecule has 1 atom stereocenters. The molecule has 1 N–H and O–H groups in total. The first kappa shape index (κ1) is 13.5. The van der Waals surface area contributed by atoms with Crippen molar-refractivity contribution in [2.24, 2.45) is 5.92 Å². The van der Waals surface area contributed by atoms with Gasteiger partial charge in [0.25, 0.3) is 0 Å². The Kier molecular flexibility index (Phi) is 6.42. The maximum absolute atomic E-state index is 4.28. The number of nitrogens with zero attached hydrogens (tertiary/aromatic N) is 2. The number of aromatic nitrogens is 2. The van der Waals surface area contributed by atoms with Crippen LogP contribution in [0.1, 0.15) is 25.8 Å². The maximum atomic E-state index is 4.28. The van der Waals surface area contributed by atoms with Crippen LogP contribution in [-0.2, 0) is 0 Å². The Bertz CT molecular complexity index is 287. The lowest BCUT2D eigenvalue weighted by atomic mass is 10.2. The van der Waals surface area contributed by atoms with Gasteiger partial charge in [0.05, 0.1) is 0 Å². The Morgan fingerprint density at radius 1 is 1.38 bits per heavy atom. The van der Waals surface area contributed by atoms with Gasteiger partial charge >= 0.3 is 0 Å². The first-order valence-corrected chi connectivity index (χ1v) is 6.83. The number of nitrogens with one attached hydrogen (secondary N) is 1. The molecule has 0 bridgehead atoms. The van der Waals surface area contributed by atoms with Crippen LogP contribution in [0.15, 0.2) is 17.6 Å². The molecule has 4 heteroatoms. The quantitative estimate of drug-likeness (QED) is 0.451. The van der Waals surface area contributed by atoms with Crippen LogP contribution in [0.4, 0.5) is 0 Å². The van der Waals surface area contributed by atoms with E-state index in [1.807, 2.05) is 19.3 Å². The molecule has 0 aromatic carbocycles. The van der Waals surface area contributed by atoms with Gasteiger partial charge in [-0.05, 0) is 37.9 Å². The predicted molar refractivity (Wildman–Crippen MR) is 69.8 cm³/mol. The summed E-state index contributed by atoms with van der Waals surface area (Å²) in [6.45, 7) is 8.63. The molecular weight excluding hydrogens is 218 g/mol. The van der Waals surface area contributed by atoms with Crippen molar-refractivity contribution >= 4 is 11.8 Å². The molecule has 0 aliphatic heterocycles. The van der Waals surface area contributed by atoms with Crippen molar-refractivity contribution in [2.45, 2.75) is 32.3 Å². The Balaban J connectivity index is 2.20. The fourth-order valence-corrected chi connectivity index (χ4v) is 2.06. The lowest BCUT2D eigenvalue weighted by Gasteiger charge is -2.10. The average Bonchev–Trinajstić information content (AvgIpc) is 2.29. The molecule has 1 rings (SSSR count). The van der Waals surface area contributed by atoms with E-state index in [-0.39, 0.29) is 0 Å². The summed E-state index contributed by atoms with van der Waals surface area (Å²) in [6.07, 6.45) is 4.94. The molecule has 0 spiro atoms. The van der Waals surface area contributed by atoms with Crippen molar-refractivity contribution in [3.63, 3.8) is 0 Å². The van der Waals surface area contributed by atoms with Crippen LogP contribution in [0.3, 0.4) is 0 Å². The topological polar surface area (TPSA) is 37.8 Å². The smallest absolute Gasteiger partial charge is 0.187 e. The number of aryl methyl sites for hydroxylation is 1. The molecule has 90 valence electrons. The van der Waals surface area contributed by atoms with E-state index in [1.165, 1.54) is 6.42 Å². The maximum Gasteiger partial charge on any atom is 0.187 e. The second-order valence-corrected chi connectivity index (χ2v) is 5.15. The normalized spacial score (nSPS) is 12.7. The summed E-state index contributed by atoms with van der Waals surface area (Å²) in [6, 6.07) is 0. The minimum Gasteiger partial charge on any atom is -0.316 e. The molecule has 0 aliphatic rings. The summed E-state index contributed by atoms with van der Waals surface area (Å²) < 4.78 is 0. The van der Waals surface area contributed by atoms with Gasteiger partial charge in [0, 0.05) is 18.1 Å². The first-order chi connectivity index (χ1) is 7.72. The SMILES string of the molecule is CCCNCC(C)CSc1ncc(C)cn1. The molecule has 0 amide bonds. The van der Waals surface area contributed by atoms with Gasteiger partial charge in [-0.15, -0.1) is 0 Å². The minimum absolute atomic E-state index is 0.654. The summed E-state index contributed by atoms with van der Waals surface area (Å²) in [4.78, 5) is 8.56. The largest absolute Gasteiger partial charge is 0.316 e. The average molecular weight is 239 g/mol. The zero-order valence-corrected chi connectivity index (χ0v) is 11.2. The monoisotopic (exact) mass is 239 g/mol. The highest BCUT2D eigenvalue weighted by molar-refractivity contribution is 7.99. The summed E-state index contributed by atoms with van der Waals surface area (Å²) in [5.74, 6) is 1.72. The van der Waals surface area contributed by atoms with E-state index >= 15 is 0 Å². The molecule has 0 fully saturated rings. The van der Waals surface area contributed by atoms with Gasteiger partial charge in [-0.1, -0.05) is 25.6 Å². The third kappa shape index (κ3) is 5.47. The summed E-state index contributed by atoms with van der Waals surface area (Å²) >= 11 is 1.73. The summed E-state index contributed by atoms with van der Waals surface area (Å²) in [5, 5.41) is 4.31. The van der Waals surface area contributed by atoms with Gasteiger partial charge in [0.15, 0.2) is 5.16 Å². The predicted octanol–water partition coefficient (Wildman–Crippen LogP) is 2.51. The van der Waals surface area contributed by atoms with Crippen LogP contribution in [0, 0.1) is 12.8 Å². The molecular formula is C12H21N3S. The molecule has 0 aliphatic carbocycles. The Labute approximate surface area is 102 Å². The molecule has 1 aromatic heterocycles. The standard InChI is InChI=1S/C12H21N3S/c1-4-5-13-6-11(3)9-16-12-14-7-10(2)8-15-12/h7-8,11,13H,4-6,9H2,1-3H3. The Morgan fingerprint density at radius 2 is 2.06 bits per heavy atom. The molecule has 0 saturated heterocycles. The van der Waals surface area contributed by atoms with Gasteiger partial charge in [-0.3, -0.25) is 0 Å². The van der Waals surface area contributed by atoms with E-state index in [4.69, 9.17) is 0 Å². The van der Waals surface area contributed by atoms with Crippen LogP contribution >= 0.6 is 11.8 Å². The van der Waals surface area contributed by atoms with Gasteiger partial charge in [0.2, 0.25) is 0 Å².